The average Bonchev–Trinajstić information content (AvgIpc) is 2.16. The Labute approximate surface area is 67.7 Å². The minimum atomic E-state index is 0.770. The molecule has 0 atom stereocenters. The Morgan fingerprint density at radius 3 is 2.64 bits per heavy atom. The van der Waals surface area contributed by atoms with E-state index in [0.717, 1.165) is 37.8 Å². The lowest BCUT2D eigenvalue weighted by molar-refractivity contribution is -0.102. The van der Waals surface area contributed by atoms with Gasteiger partial charge in [-0.2, -0.15) is 0 Å². The zero-order valence-corrected chi connectivity index (χ0v) is 6.88. The molecule has 0 fully saturated rings. The van der Waals surface area contributed by atoms with E-state index < -0.39 is 0 Å². The molecule has 0 saturated carbocycles. The van der Waals surface area contributed by atoms with E-state index in [-0.39, 0.29) is 0 Å². The summed E-state index contributed by atoms with van der Waals surface area (Å²) in [5.74, 6) is 0. The predicted octanol–water partition coefficient (Wildman–Crippen LogP) is 1.98. The molecule has 0 aliphatic carbocycles. The van der Waals surface area contributed by atoms with Crippen molar-refractivity contribution in [3.8, 4) is 0 Å². The lowest BCUT2D eigenvalue weighted by Crippen LogP contribution is -1.99. The highest BCUT2D eigenvalue weighted by atomic mass is 16.1. The lowest BCUT2D eigenvalue weighted by atomic mass is 10.1. The van der Waals surface area contributed by atoms with E-state index in [9.17, 15) is 4.79 Å². The first-order chi connectivity index (χ1) is 5.43. The van der Waals surface area contributed by atoms with Crippen LogP contribution in [0.3, 0.4) is 0 Å². The maximum Gasteiger partial charge on any atom is 0.163 e. The monoisotopic (exact) mass is 153 g/mol. The second kappa shape index (κ2) is 5.05. The minimum absolute atomic E-state index is 0.770. The third kappa shape index (κ3) is 3.30. The van der Waals surface area contributed by atoms with Crippen LogP contribution in [-0.2, 0) is 4.79 Å². The molecule has 0 amide bonds. The van der Waals surface area contributed by atoms with Crippen molar-refractivity contribution in [2.24, 2.45) is 4.99 Å². The highest BCUT2D eigenvalue weighted by molar-refractivity contribution is 6.28. The summed E-state index contributed by atoms with van der Waals surface area (Å²) in [6.07, 6.45) is 7.92. The molecule has 62 valence electrons. The highest BCUT2D eigenvalue weighted by Crippen LogP contribution is 2.08. The normalized spacial score (nSPS) is 25.6. The van der Waals surface area contributed by atoms with Crippen LogP contribution in [0, 0.1) is 0 Å². The van der Waals surface area contributed by atoms with Crippen LogP contribution < -0.4 is 0 Å². The number of carbonyl (C=O) groups excluding carboxylic acids is 1. The summed E-state index contributed by atoms with van der Waals surface area (Å²) in [6.45, 7) is 0.855. The molecule has 11 heavy (non-hydrogen) atoms. The van der Waals surface area contributed by atoms with Crippen molar-refractivity contribution in [1.82, 2.24) is 0 Å². The molecule has 2 heteroatoms. The van der Waals surface area contributed by atoms with Crippen molar-refractivity contribution in [2.45, 2.75) is 38.5 Å². The second-order valence-electron chi connectivity index (χ2n) is 3.01. The number of nitrogens with zero attached hydrogens (tertiary/aromatic N) is 1. The molecule has 0 aromatic carbocycles. The van der Waals surface area contributed by atoms with E-state index in [4.69, 9.17) is 0 Å². The molecule has 2 nitrogen and oxygen atoms in total. The second-order valence-corrected chi connectivity index (χ2v) is 3.01. The van der Waals surface area contributed by atoms with Crippen LogP contribution in [0.4, 0.5) is 0 Å². The largest absolute Gasteiger partial charge is 0.297 e. The first-order valence-electron chi connectivity index (χ1n) is 4.42. The van der Waals surface area contributed by atoms with Gasteiger partial charge in [0.05, 0.1) is 5.71 Å². The smallest absolute Gasteiger partial charge is 0.163 e. The van der Waals surface area contributed by atoms with Gasteiger partial charge in [-0.25, -0.2) is 0 Å². The SMILES string of the molecule is O=C/C1=N/CCCCCCC1. The van der Waals surface area contributed by atoms with Crippen LogP contribution in [0.1, 0.15) is 38.5 Å². The molecule has 0 aromatic heterocycles. The third-order valence-electron chi connectivity index (χ3n) is 2.04. The van der Waals surface area contributed by atoms with Gasteiger partial charge in [0.15, 0.2) is 6.29 Å². The zero-order chi connectivity index (χ0) is 7.94. The molecule has 1 aliphatic rings. The summed E-state index contributed by atoms with van der Waals surface area (Å²) in [4.78, 5) is 14.6. The summed E-state index contributed by atoms with van der Waals surface area (Å²) in [5, 5.41) is 0. The van der Waals surface area contributed by atoms with Gasteiger partial charge in [-0.3, -0.25) is 9.79 Å². The van der Waals surface area contributed by atoms with Gasteiger partial charge in [0.25, 0.3) is 0 Å². The Balaban J connectivity index is 2.40. The van der Waals surface area contributed by atoms with Crippen molar-refractivity contribution in [3.63, 3.8) is 0 Å². The van der Waals surface area contributed by atoms with E-state index in [1.54, 1.807) is 0 Å². The zero-order valence-electron chi connectivity index (χ0n) is 6.88. The highest BCUT2D eigenvalue weighted by Gasteiger charge is 2.00. The van der Waals surface area contributed by atoms with Crippen LogP contribution in [-0.4, -0.2) is 18.5 Å². The van der Waals surface area contributed by atoms with Crippen molar-refractivity contribution in [3.05, 3.63) is 0 Å². The van der Waals surface area contributed by atoms with Crippen LogP contribution in [0.2, 0.25) is 0 Å². The lowest BCUT2D eigenvalue weighted by Gasteiger charge is -1.94. The van der Waals surface area contributed by atoms with E-state index in [1.807, 2.05) is 0 Å². The maximum absolute atomic E-state index is 10.4. The first kappa shape index (κ1) is 8.44. The summed E-state index contributed by atoms with van der Waals surface area (Å²) in [7, 11) is 0. The first-order valence-corrected chi connectivity index (χ1v) is 4.42. The minimum Gasteiger partial charge on any atom is -0.297 e. The molecule has 1 rings (SSSR count). The number of aliphatic imine (C=N–C) groups is 1. The Morgan fingerprint density at radius 2 is 1.82 bits per heavy atom. The standard InChI is InChI=1S/C9H15NO/c11-8-9-6-4-2-1-3-5-7-10-9/h8H,1-7H2/b10-9+. The molecule has 0 spiro atoms. The van der Waals surface area contributed by atoms with Gasteiger partial charge in [0.1, 0.15) is 0 Å². The van der Waals surface area contributed by atoms with Crippen molar-refractivity contribution < 1.29 is 4.79 Å². The molecule has 0 saturated heterocycles. The molecule has 0 unspecified atom stereocenters. The molecule has 0 bridgehead atoms. The van der Waals surface area contributed by atoms with Gasteiger partial charge in [-0.1, -0.05) is 19.3 Å². The molecule has 0 radical (unpaired) electrons. The Kier molecular flexibility index (Phi) is 3.87. The fraction of sp³-hybridized carbons (Fsp3) is 0.778. The molecule has 1 heterocycles. The number of rotatable bonds is 1. The number of hydrogen-bond donors (Lipinski definition) is 0. The number of aldehydes is 1. The van der Waals surface area contributed by atoms with Crippen LogP contribution in [0.15, 0.2) is 4.99 Å². The molecule has 0 aromatic rings. The molecular formula is C9H15NO. The van der Waals surface area contributed by atoms with E-state index >= 15 is 0 Å². The van der Waals surface area contributed by atoms with Gasteiger partial charge in [0, 0.05) is 6.54 Å². The summed E-state index contributed by atoms with van der Waals surface area (Å²) in [6, 6.07) is 0. The summed E-state index contributed by atoms with van der Waals surface area (Å²) in [5.41, 5.74) is 0.770. The maximum atomic E-state index is 10.4. The van der Waals surface area contributed by atoms with Crippen LogP contribution >= 0.6 is 0 Å². The number of carbonyl (C=O) groups is 1. The third-order valence-corrected chi connectivity index (χ3v) is 2.04. The summed E-state index contributed by atoms with van der Waals surface area (Å²) < 4.78 is 0. The fourth-order valence-corrected chi connectivity index (χ4v) is 1.35. The number of hydrogen-bond acceptors (Lipinski definition) is 2. The molecule has 0 N–H and O–H groups in total. The van der Waals surface area contributed by atoms with Gasteiger partial charge in [-0.05, 0) is 19.3 Å². The molecular weight excluding hydrogens is 138 g/mol. The Bertz CT molecular complexity index is 152. The summed E-state index contributed by atoms with van der Waals surface area (Å²) >= 11 is 0. The quantitative estimate of drug-likeness (QED) is 0.530. The van der Waals surface area contributed by atoms with Gasteiger partial charge in [0.2, 0.25) is 0 Å². The van der Waals surface area contributed by atoms with Gasteiger partial charge in [-0.15, -0.1) is 0 Å². The van der Waals surface area contributed by atoms with Crippen molar-refractivity contribution in [2.75, 3.05) is 6.54 Å². The van der Waals surface area contributed by atoms with Crippen LogP contribution in [0.25, 0.3) is 0 Å². The Hall–Kier alpha value is -0.660. The molecule has 1 aliphatic heterocycles. The van der Waals surface area contributed by atoms with E-state index in [2.05, 4.69) is 4.99 Å². The van der Waals surface area contributed by atoms with Crippen LogP contribution in [0.5, 0.6) is 0 Å². The van der Waals surface area contributed by atoms with Gasteiger partial charge < -0.3 is 0 Å². The van der Waals surface area contributed by atoms with Crippen molar-refractivity contribution >= 4 is 12.0 Å². The van der Waals surface area contributed by atoms with Crippen molar-refractivity contribution in [1.29, 1.82) is 0 Å². The Morgan fingerprint density at radius 1 is 1.09 bits per heavy atom. The van der Waals surface area contributed by atoms with E-state index in [1.165, 1.54) is 19.3 Å². The van der Waals surface area contributed by atoms with Gasteiger partial charge >= 0.3 is 0 Å². The fourth-order valence-electron chi connectivity index (χ4n) is 1.35. The topological polar surface area (TPSA) is 29.4 Å². The van der Waals surface area contributed by atoms with E-state index in [0.29, 0.717) is 0 Å². The predicted molar refractivity (Wildman–Crippen MR) is 46.1 cm³/mol. The average molecular weight is 153 g/mol.